The quantitative estimate of drug-likeness (QED) is 0.603. The number of aliphatic hydroxyl groups is 2. The summed E-state index contributed by atoms with van der Waals surface area (Å²) in [6, 6.07) is 7.09. The summed E-state index contributed by atoms with van der Waals surface area (Å²) in [5, 5.41) is 19.0. The predicted molar refractivity (Wildman–Crippen MR) is 45.8 cm³/mol. The average Bonchev–Trinajstić information content (AvgIpc) is 2.15. The third-order valence-corrected chi connectivity index (χ3v) is 2.16. The molecule has 13 heavy (non-hydrogen) atoms. The lowest BCUT2D eigenvalue weighted by molar-refractivity contribution is -0.197. The fourth-order valence-corrected chi connectivity index (χ4v) is 1.34. The van der Waals surface area contributed by atoms with Crippen molar-refractivity contribution >= 4 is 0 Å². The van der Waals surface area contributed by atoms with Crippen LogP contribution in [0.1, 0.15) is 11.8 Å². The van der Waals surface area contributed by atoms with Crippen LogP contribution in [0.25, 0.3) is 0 Å². The molecule has 0 saturated carbocycles. The van der Waals surface area contributed by atoms with E-state index in [0.29, 0.717) is 11.3 Å². The SMILES string of the molecule is CN1[C@H](O)Oc2ccccc2[C@@H]1O. The highest BCUT2D eigenvalue weighted by atomic mass is 16.6. The van der Waals surface area contributed by atoms with Gasteiger partial charge in [0.15, 0.2) is 0 Å². The van der Waals surface area contributed by atoms with Gasteiger partial charge in [0.2, 0.25) is 0 Å². The molecular weight excluding hydrogens is 170 g/mol. The van der Waals surface area contributed by atoms with Crippen LogP contribution in [0.4, 0.5) is 0 Å². The molecule has 0 spiro atoms. The molecule has 0 unspecified atom stereocenters. The standard InChI is InChI=1S/C9H11NO3/c1-10-8(11)6-4-2-3-5-7(6)13-9(10)12/h2-5,8-9,11-12H,1H3/t8-,9+/m0/s1. The highest BCUT2D eigenvalue weighted by Gasteiger charge is 2.29. The lowest BCUT2D eigenvalue weighted by Crippen LogP contribution is -2.42. The van der Waals surface area contributed by atoms with Crippen LogP contribution in [0.15, 0.2) is 24.3 Å². The van der Waals surface area contributed by atoms with Crippen LogP contribution < -0.4 is 4.74 Å². The lowest BCUT2D eigenvalue weighted by Gasteiger charge is -2.34. The maximum Gasteiger partial charge on any atom is 0.261 e. The summed E-state index contributed by atoms with van der Waals surface area (Å²) >= 11 is 0. The zero-order valence-corrected chi connectivity index (χ0v) is 7.21. The molecule has 2 N–H and O–H groups in total. The summed E-state index contributed by atoms with van der Waals surface area (Å²) in [5.74, 6) is 0.528. The Labute approximate surface area is 76.0 Å². The lowest BCUT2D eigenvalue weighted by atomic mass is 10.1. The molecule has 0 aromatic heterocycles. The first-order valence-corrected chi connectivity index (χ1v) is 4.04. The number of benzene rings is 1. The Morgan fingerprint density at radius 2 is 2.00 bits per heavy atom. The van der Waals surface area contributed by atoms with E-state index in [-0.39, 0.29) is 0 Å². The van der Waals surface area contributed by atoms with Gasteiger partial charge in [-0.05, 0) is 13.1 Å². The number of nitrogens with zero attached hydrogens (tertiary/aromatic N) is 1. The van der Waals surface area contributed by atoms with Crippen LogP contribution >= 0.6 is 0 Å². The van der Waals surface area contributed by atoms with E-state index >= 15 is 0 Å². The van der Waals surface area contributed by atoms with E-state index in [1.165, 1.54) is 4.90 Å². The molecule has 0 saturated heterocycles. The Kier molecular flexibility index (Phi) is 1.95. The van der Waals surface area contributed by atoms with Crippen molar-refractivity contribution in [2.24, 2.45) is 0 Å². The molecular formula is C9H11NO3. The topological polar surface area (TPSA) is 52.9 Å². The van der Waals surface area contributed by atoms with E-state index < -0.39 is 12.6 Å². The van der Waals surface area contributed by atoms with Gasteiger partial charge in [-0.1, -0.05) is 18.2 Å². The molecule has 4 nitrogen and oxygen atoms in total. The van der Waals surface area contributed by atoms with Crippen LogP contribution in [0.5, 0.6) is 5.75 Å². The molecule has 1 aliphatic rings. The summed E-state index contributed by atoms with van der Waals surface area (Å²) in [5.41, 5.74) is 0.676. The van der Waals surface area contributed by atoms with Gasteiger partial charge in [0.25, 0.3) is 6.41 Å². The molecule has 0 aliphatic carbocycles. The van der Waals surface area contributed by atoms with Crippen molar-refractivity contribution in [3.05, 3.63) is 29.8 Å². The van der Waals surface area contributed by atoms with Gasteiger partial charge in [0.05, 0.1) is 0 Å². The first kappa shape index (κ1) is 8.50. The molecule has 4 heteroatoms. The summed E-state index contributed by atoms with van der Waals surface area (Å²) in [7, 11) is 1.59. The van der Waals surface area contributed by atoms with Crippen LogP contribution in [0.3, 0.4) is 0 Å². The number of hydrogen-bond acceptors (Lipinski definition) is 4. The second-order valence-electron chi connectivity index (χ2n) is 3.02. The Morgan fingerprint density at radius 1 is 1.31 bits per heavy atom. The molecule has 1 heterocycles. The number of hydrogen-bond donors (Lipinski definition) is 2. The summed E-state index contributed by atoms with van der Waals surface area (Å²) < 4.78 is 5.14. The highest BCUT2D eigenvalue weighted by molar-refractivity contribution is 5.36. The summed E-state index contributed by atoms with van der Waals surface area (Å²) in [6.07, 6.45) is -1.88. The van der Waals surface area contributed by atoms with Gasteiger partial charge in [-0.25, -0.2) is 4.90 Å². The monoisotopic (exact) mass is 181 g/mol. The molecule has 2 atom stereocenters. The highest BCUT2D eigenvalue weighted by Crippen LogP contribution is 2.32. The molecule has 0 fully saturated rings. The number of fused-ring (bicyclic) bond motifs is 1. The van der Waals surface area contributed by atoms with Gasteiger partial charge in [-0.2, -0.15) is 0 Å². The Hall–Kier alpha value is -1.10. The maximum absolute atomic E-state index is 9.69. The largest absolute Gasteiger partial charge is 0.451 e. The van der Waals surface area contributed by atoms with Crippen LogP contribution in [-0.4, -0.2) is 28.6 Å². The molecule has 1 aromatic carbocycles. The predicted octanol–water partition coefficient (Wildman–Crippen LogP) is 0.278. The van der Waals surface area contributed by atoms with Crippen molar-refractivity contribution in [1.29, 1.82) is 0 Å². The zero-order valence-electron chi connectivity index (χ0n) is 7.21. The van der Waals surface area contributed by atoms with Crippen LogP contribution in [0, 0.1) is 0 Å². The van der Waals surface area contributed by atoms with E-state index in [4.69, 9.17) is 4.74 Å². The number of aliphatic hydroxyl groups excluding tert-OH is 2. The minimum absolute atomic E-state index is 0.528. The van der Waals surface area contributed by atoms with Gasteiger partial charge >= 0.3 is 0 Å². The van der Waals surface area contributed by atoms with Crippen molar-refractivity contribution in [2.75, 3.05) is 7.05 Å². The zero-order chi connectivity index (χ0) is 9.42. The van der Waals surface area contributed by atoms with E-state index in [1.807, 2.05) is 6.07 Å². The van der Waals surface area contributed by atoms with Crippen molar-refractivity contribution in [3.63, 3.8) is 0 Å². The van der Waals surface area contributed by atoms with Gasteiger partial charge in [-0.3, -0.25) is 0 Å². The smallest absolute Gasteiger partial charge is 0.261 e. The number of para-hydroxylation sites is 1. The Bertz CT molecular complexity index is 315. The number of rotatable bonds is 0. The van der Waals surface area contributed by atoms with Crippen molar-refractivity contribution < 1.29 is 14.9 Å². The summed E-state index contributed by atoms with van der Waals surface area (Å²) in [6.45, 7) is 0. The van der Waals surface area contributed by atoms with Gasteiger partial charge in [0, 0.05) is 5.56 Å². The van der Waals surface area contributed by atoms with Gasteiger partial charge in [-0.15, -0.1) is 0 Å². The second-order valence-corrected chi connectivity index (χ2v) is 3.02. The molecule has 1 aromatic rings. The third-order valence-electron chi connectivity index (χ3n) is 2.16. The molecule has 0 amide bonds. The van der Waals surface area contributed by atoms with Gasteiger partial charge < -0.3 is 14.9 Å². The second kappa shape index (κ2) is 2.99. The van der Waals surface area contributed by atoms with E-state index in [2.05, 4.69) is 0 Å². The molecule has 70 valence electrons. The molecule has 2 rings (SSSR count). The van der Waals surface area contributed by atoms with Crippen molar-refractivity contribution in [1.82, 2.24) is 4.90 Å². The normalized spacial score (nSPS) is 27.9. The molecule has 0 bridgehead atoms. The Morgan fingerprint density at radius 3 is 2.77 bits per heavy atom. The first-order valence-electron chi connectivity index (χ1n) is 4.04. The average molecular weight is 181 g/mol. The number of ether oxygens (including phenoxy) is 1. The van der Waals surface area contributed by atoms with E-state index in [9.17, 15) is 10.2 Å². The fraction of sp³-hybridized carbons (Fsp3) is 0.333. The molecule has 1 aliphatic heterocycles. The molecule has 0 radical (unpaired) electrons. The first-order chi connectivity index (χ1) is 6.20. The maximum atomic E-state index is 9.69. The third kappa shape index (κ3) is 1.29. The van der Waals surface area contributed by atoms with Crippen LogP contribution in [0.2, 0.25) is 0 Å². The van der Waals surface area contributed by atoms with Gasteiger partial charge in [0.1, 0.15) is 12.0 Å². The fourth-order valence-electron chi connectivity index (χ4n) is 1.34. The Balaban J connectivity index is 2.43. The van der Waals surface area contributed by atoms with E-state index in [1.54, 1.807) is 25.2 Å². The summed E-state index contributed by atoms with van der Waals surface area (Å²) in [4.78, 5) is 1.34. The van der Waals surface area contributed by atoms with Crippen molar-refractivity contribution in [3.8, 4) is 5.75 Å². The minimum atomic E-state index is -1.08. The minimum Gasteiger partial charge on any atom is -0.451 e. The van der Waals surface area contributed by atoms with E-state index in [0.717, 1.165) is 0 Å². The van der Waals surface area contributed by atoms with Crippen LogP contribution in [-0.2, 0) is 0 Å². The van der Waals surface area contributed by atoms with Crippen molar-refractivity contribution in [2.45, 2.75) is 12.6 Å².